The maximum absolute atomic E-state index is 6.53. The van der Waals surface area contributed by atoms with E-state index in [9.17, 15) is 0 Å². The number of benzene rings is 2. The zero-order valence-electron chi connectivity index (χ0n) is 15.0. The number of para-hydroxylation sites is 1. The zero-order valence-corrected chi connectivity index (χ0v) is 15.0. The summed E-state index contributed by atoms with van der Waals surface area (Å²) < 4.78 is 10.9. The number of guanidine groups is 1. The summed E-state index contributed by atoms with van der Waals surface area (Å²) in [5.41, 5.74) is 19.3. The first-order valence-electron chi connectivity index (χ1n) is 8.37. The van der Waals surface area contributed by atoms with Gasteiger partial charge in [-0.2, -0.15) is 5.43 Å². The second-order valence-corrected chi connectivity index (χ2v) is 6.25. The molecule has 1 aromatic heterocycles. The molecule has 0 fully saturated rings. The average Bonchev–Trinajstić information content (AvgIpc) is 3.30. The van der Waals surface area contributed by atoms with Crippen molar-refractivity contribution in [2.24, 2.45) is 16.5 Å². The molecule has 2 aromatic carbocycles. The molecule has 2 heterocycles. The van der Waals surface area contributed by atoms with Gasteiger partial charge in [0.1, 0.15) is 5.75 Å². The molecule has 5 N–H and O–H groups in total. The van der Waals surface area contributed by atoms with Gasteiger partial charge < -0.3 is 14.9 Å². The minimum atomic E-state index is -1.22. The molecule has 1 atom stereocenters. The second kappa shape index (κ2) is 6.42. The smallest absolute Gasteiger partial charge is 0.214 e. The van der Waals surface area contributed by atoms with Crippen LogP contribution in [0.15, 0.2) is 64.5 Å². The number of ether oxygens (including phenoxy) is 1. The van der Waals surface area contributed by atoms with Gasteiger partial charge in [0.2, 0.25) is 11.7 Å². The first kappa shape index (κ1) is 17.1. The summed E-state index contributed by atoms with van der Waals surface area (Å²) in [5, 5.41) is 1.69. The highest BCUT2D eigenvalue weighted by Gasteiger charge is 2.38. The van der Waals surface area contributed by atoms with Gasteiger partial charge in [-0.25, -0.2) is 15.0 Å². The molecule has 1 aliphatic rings. The van der Waals surface area contributed by atoms with E-state index in [1.807, 2.05) is 49.4 Å². The van der Waals surface area contributed by atoms with Crippen LogP contribution in [0.3, 0.4) is 0 Å². The van der Waals surface area contributed by atoms with Crippen molar-refractivity contribution in [2.45, 2.75) is 12.7 Å². The Kier molecular flexibility index (Phi) is 4.06. The molecule has 138 valence electrons. The van der Waals surface area contributed by atoms with Crippen LogP contribution in [0.1, 0.15) is 11.1 Å². The Labute approximate surface area is 156 Å². The van der Waals surface area contributed by atoms with Crippen molar-refractivity contribution in [3.63, 3.8) is 0 Å². The van der Waals surface area contributed by atoms with Crippen LogP contribution < -0.4 is 26.6 Å². The molecule has 1 unspecified atom stereocenters. The molecular weight excluding hydrogens is 344 g/mol. The number of aryl methyl sites for hydroxylation is 1. The number of methoxy groups -OCH3 is 1. The van der Waals surface area contributed by atoms with Crippen molar-refractivity contribution in [2.75, 3.05) is 12.1 Å². The Bertz CT molecular complexity index is 1000. The van der Waals surface area contributed by atoms with Crippen molar-refractivity contribution in [3.05, 3.63) is 66.2 Å². The number of anilines is 1. The average molecular weight is 364 g/mol. The summed E-state index contributed by atoms with van der Waals surface area (Å²) in [4.78, 5) is 8.40. The second-order valence-electron chi connectivity index (χ2n) is 6.25. The van der Waals surface area contributed by atoms with Crippen molar-refractivity contribution in [3.8, 4) is 17.1 Å². The summed E-state index contributed by atoms with van der Waals surface area (Å²) in [6.07, 6.45) is 3.00. The number of hydrazine groups is 1. The zero-order chi connectivity index (χ0) is 19.0. The lowest BCUT2D eigenvalue weighted by molar-refractivity contribution is 0.387. The minimum absolute atomic E-state index is 0.282. The van der Waals surface area contributed by atoms with Crippen LogP contribution in [0.5, 0.6) is 5.75 Å². The lowest BCUT2D eigenvalue weighted by Gasteiger charge is -2.27. The molecule has 0 bridgehead atoms. The maximum Gasteiger partial charge on any atom is 0.214 e. The molecule has 0 saturated carbocycles. The highest BCUT2D eigenvalue weighted by Crippen LogP contribution is 2.35. The maximum atomic E-state index is 6.53. The summed E-state index contributed by atoms with van der Waals surface area (Å²) in [6, 6.07) is 13.4. The van der Waals surface area contributed by atoms with E-state index in [1.54, 1.807) is 18.3 Å². The molecule has 0 spiro atoms. The third-order valence-corrected chi connectivity index (χ3v) is 4.50. The Morgan fingerprint density at radius 1 is 1.22 bits per heavy atom. The van der Waals surface area contributed by atoms with Gasteiger partial charge in [0, 0.05) is 5.56 Å². The van der Waals surface area contributed by atoms with Crippen molar-refractivity contribution >= 4 is 11.6 Å². The van der Waals surface area contributed by atoms with Crippen molar-refractivity contribution in [1.82, 2.24) is 10.4 Å². The number of nitrogens with one attached hydrogen (secondary N) is 1. The highest BCUT2D eigenvalue weighted by molar-refractivity contribution is 5.96. The number of hydrogen-bond donors (Lipinski definition) is 3. The molecule has 1 aliphatic heterocycles. The van der Waals surface area contributed by atoms with E-state index in [4.69, 9.17) is 20.6 Å². The van der Waals surface area contributed by atoms with E-state index < -0.39 is 5.79 Å². The Balaban J connectivity index is 1.70. The standard InChI is InChI=1S/C19H20N6O2/c1-12-5-3-4-6-15(12)25-18(20)23-19(21,24-25)13-7-8-14(16(9-13)26-2)17-10-22-11-27-17/h3-11,24H,21H2,1-2H3,(H2,20,23). The van der Waals surface area contributed by atoms with E-state index >= 15 is 0 Å². The number of nitrogens with two attached hydrogens (primary N) is 2. The number of aliphatic imine (C=N–C) groups is 1. The molecule has 0 aliphatic carbocycles. The van der Waals surface area contributed by atoms with Crippen LogP contribution in [0, 0.1) is 6.92 Å². The van der Waals surface area contributed by atoms with Crippen LogP contribution in [0.2, 0.25) is 0 Å². The Hall–Kier alpha value is -3.36. The third kappa shape index (κ3) is 2.90. The molecular formula is C19H20N6O2. The predicted molar refractivity (Wildman–Crippen MR) is 103 cm³/mol. The molecule has 3 aromatic rings. The van der Waals surface area contributed by atoms with E-state index in [0.29, 0.717) is 17.1 Å². The summed E-state index contributed by atoms with van der Waals surface area (Å²) in [6.45, 7) is 2.00. The SMILES string of the molecule is COc1cc(C2(N)N=C(N)N(c3ccccc3C)N2)ccc1-c1cnco1. The minimum Gasteiger partial charge on any atom is -0.496 e. The van der Waals surface area contributed by atoms with E-state index in [0.717, 1.165) is 16.8 Å². The number of aromatic nitrogens is 1. The first-order chi connectivity index (χ1) is 13.0. The van der Waals surface area contributed by atoms with Crippen LogP contribution in [-0.2, 0) is 5.79 Å². The number of nitrogens with zero attached hydrogens (tertiary/aromatic N) is 3. The molecule has 8 heteroatoms. The first-order valence-corrected chi connectivity index (χ1v) is 8.37. The van der Waals surface area contributed by atoms with Gasteiger partial charge in [0.15, 0.2) is 12.2 Å². The molecule has 0 saturated heterocycles. The van der Waals surface area contributed by atoms with Gasteiger partial charge in [0.25, 0.3) is 0 Å². The number of hydrogen-bond acceptors (Lipinski definition) is 8. The quantitative estimate of drug-likeness (QED) is 0.649. The Morgan fingerprint density at radius 3 is 2.74 bits per heavy atom. The molecule has 4 rings (SSSR count). The van der Waals surface area contributed by atoms with Gasteiger partial charge in [0.05, 0.1) is 24.6 Å². The predicted octanol–water partition coefficient (Wildman–Crippen LogP) is 2.07. The van der Waals surface area contributed by atoms with Crippen LogP contribution in [-0.4, -0.2) is 18.1 Å². The Morgan fingerprint density at radius 2 is 2.04 bits per heavy atom. The number of oxazole rings is 1. The summed E-state index contributed by atoms with van der Waals surface area (Å²) >= 11 is 0. The normalized spacial score (nSPS) is 19.2. The fourth-order valence-electron chi connectivity index (χ4n) is 3.09. The lowest BCUT2D eigenvalue weighted by atomic mass is 10.0. The summed E-state index contributed by atoms with van der Waals surface area (Å²) in [5.74, 6) is 0.261. The van der Waals surface area contributed by atoms with Crippen LogP contribution >= 0.6 is 0 Å². The number of rotatable bonds is 4. The third-order valence-electron chi connectivity index (χ3n) is 4.50. The lowest BCUT2D eigenvalue weighted by Crippen LogP contribution is -2.53. The topological polar surface area (TPSA) is 115 Å². The molecule has 8 nitrogen and oxygen atoms in total. The molecule has 0 radical (unpaired) electrons. The highest BCUT2D eigenvalue weighted by atomic mass is 16.5. The van der Waals surface area contributed by atoms with Crippen molar-refractivity contribution < 1.29 is 9.15 Å². The van der Waals surface area contributed by atoms with Gasteiger partial charge >= 0.3 is 0 Å². The van der Waals surface area contributed by atoms with Crippen molar-refractivity contribution in [1.29, 1.82) is 0 Å². The van der Waals surface area contributed by atoms with Crippen LogP contribution in [0.4, 0.5) is 5.69 Å². The van der Waals surface area contributed by atoms with Gasteiger partial charge in [-0.1, -0.05) is 24.3 Å². The van der Waals surface area contributed by atoms with Gasteiger partial charge in [-0.3, -0.25) is 5.73 Å². The van der Waals surface area contributed by atoms with E-state index in [-0.39, 0.29) is 5.96 Å². The van der Waals surface area contributed by atoms with E-state index in [2.05, 4.69) is 15.4 Å². The van der Waals surface area contributed by atoms with E-state index in [1.165, 1.54) is 6.39 Å². The molecule has 27 heavy (non-hydrogen) atoms. The summed E-state index contributed by atoms with van der Waals surface area (Å²) in [7, 11) is 1.58. The van der Waals surface area contributed by atoms with Gasteiger partial charge in [-0.15, -0.1) is 0 Å². The largest absolute Gasteiger partial charge is 0.496 e. The fraction of sp³-hybridized carbons (Fsp3) is 0.158. The monoisotopic (exact) mass is 364 g/mol. The van der Waals surface area contributed by atoms with Gasteiger partial charge in [-0.05, 0) is 30.7 Å². The van der Waals surface area contributed by atoms with Crippen LogP contribution in [0.25, 0.3) is 11.3 Å². The fourth-order valence-corrected chi connectivity index (χ4v) is 3.09. The molecule has 0 amide bonds.